The summed E-state index contributed by atoms with van der Waals surface area (Å²) in [4.78, 5) is 15.2. The number of halogens is 1. The van der Waals surface area contributed by atoms with E-state index in [2.05, 4.69) is 4.98 Å². The Balaban J connectivity index is 3.02. The molecule has 0 aromatic carbocycles. The molecule has 72 valence electrons. The molecule has 0 saturated heterocycles. The molecule has 2 aromatic rings. The summed E-state index contributed by atoms with van der Waals surface area (Å²) in [5.41, 5.74) is 0.609. The summed E-state index contributed by atoms with van der Waals surface area (Å²) in [6.45, 7) is 0. The number of nitrogens with zero attached hydrogens (tertiary/aromatic N) is 2. The van der Waals surface area contributed by atoms with Crippen molar-refractivity contribution < 1.29 is 5.11 Å². The third kappa shape index (κ3) is 1.24. The van der Waals surface area contributed by atoms with E-state index in [9.17, 15) is 9.90 Å². The Kier molecular flexibility index (Phi) is 1.93. The van der Waals surface area contributed by atoms with Gasteiger partial charge in [-0.15, -0.1) is 0 Å². The second kappa shape index (κ2) is 2.99. The molecule has 1 N–H and O–H groups in total. The van der Waals surface area contributed by atoms with Crippen LogP contribution in [0, 0.1) is 0 Å². The van der Waals surface area contributed by atoms with E-state index in [0.29, 0.717) is 11.0 Å². The van der Waals surface area contributed by atoms with Crippen LogP contribution in [-0.4, -0.2) is 14.7 Å². The zero-order chi connectivity index (χ0) is 10.3. The molecule has 0 saturated carbocycles. The normalized spacial score (nSPS) is 10.7. The largest absolute Gasteiger partial charge is 0.505 e. The van der Waals surface area contributed by atoms with Gasteiger partial charge in [0.25, 0.3) is 5.56 Å². The van der Waals surface area contributed by atoms with Crippen LogP contribution in [-0.2, 0) is 7.05 Å². The Hall–Kier alpha value is -1.55. The van der Waals surface area contributed by atoms with Crippen molar-refractivity contribution in [2.24, 2.45) is 7.05 Å². The molecule has 0 unspecified atom stereocenters. The van der Waals surface area contributed by atoms with Crippen LogP contribution in [0.4, 0.5) is 0 Å². The quantitative estimate of drug-likeness (QED) is 0.667. The molecule has 0 atom stereocenters. The number of fused-ring (bicyclic) bond motifs is 1. The Morgan fingerprint density at radius 3 is 2.93 bits per heavy atom. The Morgan fingerprint density at radius 2 is 2.21 bits per heavy atom. The number of hydrogen-bond donors (Lipinski definition) is 1. The first-order valence-corrected chi connectivity index (χ1v) is 4.32. The summed E-state index contributed by atoms with van der Waals surface area (Å²) < 4.78 is 1.40. The zero-order valence-corrected chi connectivity index (χ0v) is 8.12. The van der Waals surface area contributed by atoms with E-state index < -0.39 is 0 Å². The van der Waals surface area contributed by atoms with E-state index >= 15 is 0 Å². The minimum Gasteiger partial charge on any atom is -0.505 e. The third-order valence-corrected chi connectivity index (χ3v) is 2.25. The van der Waals surface area contributed by atoms with Crippen molar-refractivity contribution in [1.29, 1.82) is 0 Å². The van der Waals surface area contributed by atoms with Crippen LogP contribution < -0.4 is 5.56 Å². The van der Waals surface area contributed by atoms with Crippen LogP contribution in [0.15, 0.2) is 23.0 Å². The van der Waals surface area contributed by atoms with E-state index in [4.69, 9.17) is 11.6 Å². The zero-order valence-electron chi connectivity index (χ0n) is 7.36. The second-order valence-corrected chi connectivity index (χ2v) is 3.32. The second-order valence-electron chi connectivity index (χ2n) is 2.93. The SMILES string of the molecule is Cn1c(=O)cc(O)c2nc(Cl)ccc21. The van der Waals surface area contributed by atoms with Crippen molar-refractivity contribution in [2.45, 2.75) is 0 Å². The van der Waals surface area contributed by atoms with Crippen molar-refractivity contribution in [1.82, 2.24) is 9.55 Å². The highest BCUT2D eigenvalue weighted by Crippen LogP contribution is 2.21. The fourth-order valence-electron chi connectivity index (χ4n) is 1.29. The maximum Gasteiger partial charge on any atom is 0.254 e. The van der Waals surface area contributed by atoms with Gasteiger partial charge in [-0.25, -0.2) is 4.98 Å². The first-order chi connectivity index (χ1) is 6.59. The summed E-state index contributed by atoms with van der Waals surface area (Å²) in [6, 6.07) is 4.33. The summed E-state index contributed by atoms with van der Waals surface area (Å²) in [5, 5.41) is 9.75. The minimum atomic E-state index is -0.279. The molecule has 0 bridgehead atoms. The standard InChI is InChI=1S/C9H7ClN2O2/c1-12-5-2-3-7(10)11-9(5)6(13)4-8(12)14/h2-4,13H,1H3. The van der Waals surface area contributed by atoms with E-state index in [0.717, 1.165) is 6.07 Å². The lowest BCUT2D eigenvalue weighted by Gasteiger charge is -2.04. The summed E-state index contributed by atoms with van der Waals surface area (Å²) in [5.74, 6) is -0.148. The van der Waals surface area contributed by atoms with E-state index in [1.54, 1.807) is 19.2 Å². The monoisotopic (exact) mass is 210 g/mol. The molecular weight excluding hydrogens is 204 g/mol. The van der Waals surface area contributed by atoms with E-state index in [-0.39, 0.29) is 16.5 Å². The van der Waals surface area contributed by atoms with Gasteiger partial charge in [-0.2, -0.15) is 0 Å². The van der Waals surface area contributed by atoms with Gasteiger partial charge >= 0.3 is 0 Å². The molecule has 0 aliphatic rings. The van der Waals surface area contributed by atoms with E-state index in [1.165, 1.54) is 4.57 Å². The topological polar surface area (TPSA) is 55.1 Å². The van der Waals surface area contributed by atoms with Crippen molar-refractivity contribution in [3.8, 4) is 5.75 Å². The lowest BCUT2D eigenvalue weighted by atomic mass is 10.3. The van der Waals surface area contributed by atoms with Crippen molar-refractivity contribution >= 4 is 22.6 Å². The molecule has 14 heavy (non-hydrogen) atoms. The molecule has 4 nitrogen and oxygen atoms in total. The molecule has 2 rings (SSSR count). The molecule has 2 aromatic heterocycles. The van der Waals surface area contributed by atoms with Crippen molar-refractivity contribution in [3.05, 3.63) is 33.7 Å². The lowest BCUT2D eigenvalue weighted by molar-refractivity contribution is 0.478. The smallest absolute Gasteiger partial charge is 0.254 e. The Bertz CT molecular complexity index is 562. The van der Waals surface area contributed by atoms with Crippen LogP contribution >= 0.6 is 11.6 Å². The van der Waals surface area contributed by atoms with Crippen LogP contribution in [0.1, 0.15) is 0 Å². The van der Waals surface area contributed by atoms with Crippen LogP contribution in [0.5, 0.6) is 5.75 Å². The average Bonchev–Trinajstić information content (AvgIpc) is 2.14. The van der Waals surface area contributed by atoms with Crippen LogP contribution in [0.25, 0.3) is 11.0 Å². The number of aromatic nitrogens is 2. The number of pyridine rings is 2. The average molecular weight is 211 g/mol. The fraction of sp³-hybridized carbons (Fsp3) is 0.111. The number of aromatic hydroxyl groups is 1. The predicted molar refractivity (Wildman–Crippen MR) is 53.7 cm³/mol. The number of rotatable bonds is 0. The van der Waals surface area contributed by atoms with Gasteiger partial charge < -0.3 is 9.67 Å². The molecule has 0 fully saturated rings. The first-order valence-electron chi connectivity index (χ1n) is 3.95. The van der Waals surface area contributed by atoms with Gasteiger partial charge in [-0.3, -0.25) is 4.79 Å². The molecule has 0 spiro atoms. The van der Waals surface area contributed by atoms with Crippen LogP contribution in [0.2, 0.25) is 5.15 Å². The number of aryl methyl sites for hydroxylation is 1. The molecule has 0 aliphatic carbocycles. The van der Waals surface area contributed by atoms with Gasteiger partial charge in [0, 0.05) is 13.1 Å². The summed E-state index contributed by atoms with van der Waals surface area (Å²) in [6.07, 6.45) is 0. The van der Waals surface area contributed by atoms with Gasteiger partial charge in [0.1, 0.15) is 16.4 Å². The van der Waals surface area contributed by atoms with Crippen molar-refractivity contribution in [3.63, 3.8) is 0 Å². The maximum atomic E-state index is 11.3. The molecular formula is C9H7ClN2O2. The first kappa shape index (κ1) is 9.02. The highest BCUT2D eigenvalue weighted by molar-refractivity contribution is 6.29. The van der Waals surface area contributed by atoms with Gasteiger partial charge in [-0.1, -0.05) is 11.6 Å². The van der Waals surface area contributed by atoms with Gasteiger partial charge in [-0.05, 0) is 12.1 Å². The van der Waals surface area contributed by atoms with Gasteiger partial charge in [0.2, 0.25) is 0 Å². The number of hydrogen-bond acceptors (Lipinski definition) is 3. The van der Waals surface area contributed by atoms with Gasteiger partial charge in [0.05, 0.1) is 5.52 Å². The lowest BCUT2D eigenvalue weighted by Crippen LogP contribution is -2.15. The summed E-state index contributed by atoms with van der Waals surface area (Å²) in [7, 11) is 1.61. The highest BCUT2D eigenvalue weighted by Gasteiger charge is 2.06. The van der Waals surface area contributed by atoms with Crippen molar-refractivity contribution in [2.75, 3.05) is 0 Å². The molecule has 2 heterocycles. The fourth-order valence-corrected chi connectivity index (χ4v) is 1.44. The van der Waals surface area contributed by atoms with Gasteiger partial charge in [0.15, 0.2) is 0 Å². The maximum absolute atomic E-state index is 11.3. The molecule has 5 heteroatoms. The van der Waals surface area contributed by atoms with E-state index in [1.807, 2.05) is 0 Å². The Morgan fingerprint density at radius 1 is 1.50 bits per heavy atom. The Labute approximate surface area is 84.4 Å². The minimum absolute atomic E-state index is 0.148. The highest BCUT2D eigenvalue weighted by atomic mass is 35.5. The predicted octanol–water partition coefficient (Wildman–Crippen LogP) is 1.29. The molecule has 0 radical (unpaired) electrons. The third-order valence-electron chi connectivity index (χ3n) is 2.03. The molecule has 0 aliphatic heterocycles. The summed E-state index contributed by atoms with van der Waals surface area (Å²) >= 11 is 5.67. The molecule has 0 amide bonds. The van der Waals surface area contributed by atoms with Crippen LogP contribution in [0.3, 0.4) is 0 Å².